The summed E-state index contributed by atoms with van der Waals surface area (Å²) in [6, 6.07) is 8.60. The number of nitrogens with one attached hydrogen (secondary N) is 1. The quantitative estimate of drug-likeness (QED) is 0.864. The Labute approximate surface area is 143 Å². The van der Waals surface area contributed by atoms with Crippen LogP contribution in [-0.2, 0) is 9.53 Å². The highest BCUT2D eigenvalue weighted by atomic mass is 16.5. The minimum atomic E-state index is -0.524. The monoisotopic (exact) mass is 327 g/mol. The lowest BCUT2D eigenvalue weighted by Crippen LogP contribution is -2.60. The van der Waals surface area contributed by atoms with Gasteiger partial charge in [-0.1, -0.05) is 18.2 Å². The summed E-state index contributed by atoms with van der Waals surface area (Å²) in [6.07, 6.45) is 7.06. The second-order valence-corrected chi connectivity index (χ2v) is 8.08. The Kier molecular flexibility index (Phi) is 3.86. The summed E-state index contributed by atoms with van der Waals surface area (Å²) >= 11 is 0. The molecule has 24 heavy (non-hydrogen) atoms. The van der Waals surface area contributed by atoms with Crippen LogP contribution in [0.25, 0.3) is 0 Å². The van der Waals surface area contributed by atoms with Crippen LogP contribution in [0.1, 0.15) is 48.9 Å². The summed E-state index contributed by atoms with van der Waals surface area (Å²) in [5.41, 5.74) is 0.489. The molecule has 4 nitrogen and oxygen atoms in total. The van der Waals surface area contributed by atoms with Crippen molar-refractivity contribution >= 4 is 11.9 Å². The Balaban J connectivity index is 1.60. The molecule has 4 aliphatic carbocycles. The fraction of sp³-hybridized carbons (Fsp3) is 0.600. The van der Waals surface area contributed by atoms with E-state index in [-0.39, 0.29) is 17.3 Å². The molecule has 0 aliphatic heterocycles. The number of hydrogen-bond donors (Lipinski definition) is 1. The standard InChI is InChI=1S/C20H25NO3/c1-24-19(23)17(21-18(22)16-5-3-2-4-6-16)20-10-13-7-14(11-20)9-15(8-13)12-20/h2-6,13-15,17H,7-12H2,1H3,(H,21,22)/t13?,14?,15?,17-,20?/m1/s1. The molecule has 1 atom stereocenters. The zero-order valence-corrected chi connectivity index (χ0v) is 14.2. The van der Waals surface area contributed by atoms with Crippen LogP contribution in [0.4, 0.5) is 0 Å². The van der Waals surface area contributed by atoms with E-state index in [4.69, 9.17) is 4.74 Å². The van der Waals surface area contributed by atoms with Gasteiger partial charge >= 0.3 is 5.97 Å². The van der Waals surface area contributed by atoms with Gasteiger partial charge in [0, 0.05) is 11.0 Å². The number of methoxy groups -OCH3 is 1. The highest BCUT2D eigenvalue weighted by molar-refractivity contribution is 5.97. The Morgan fingerprint density at radius 2 is 1.58 bits per heavy atom. The van der Waals surface area contributed by atoms with Crippen molar-refractivity contribution in [3.05, 3.63) is 35.9 Å². The van der Waals surface area contributed by atoms with Crippen LogP contribution >= 0.6 is 0 Å². The van der Waals surface area contributed by atoms with Crippen LogP contribution < -0.4 is 5.32 Å². The molecular formula is C20H25NO3. The molecular weight excluding hydrogens is 302 g/mol. The van der Waals surface area contributed by atoms with E-state index in [1.165, 1.54) is 26.4 Å². The summed E-state index contributed by atoms with van der Waals surface area (Å²) < 4.78 is 5.08. The largest absolute Gasteiger partial charge is 0.467 e. The second-order valence-electron chi connectivity index (χ2n) is 8.08. The summed E-state index contributed by atoms with van der Waals surface area (Å²) in [4.78, 5) is 25.2. The number of ether oxygens (including phenoxy) is 1. The minimum Gasteiger partial charge on any atom is -0.467 e. The number of esters is 1. The molecule has 4 bridgehead atoms. The van der Waals surface area contributed by atoms with E-state index in [0.29, 0.717) is 5.56 Å². The minimum absolute atomic E-state index is 0.105. The molecule has 0 unspecified atom stereocenters. The van der Waals surface area contributed by atoms with Crippen LogP contribution in [0, 0.1) is 23.2 Å². The predicted molar refractivity (Wildman–Crippen MR) is 90.3 cm³/mol. The number of carbonyl (C=O) groups is 2. The van der Waals surface area contributed by atoms with E-state index in [0.717, 1.165) is 37.0 Å². The first-order chi connectivity index (χ1) is 11.6. The van der Waals surface area contributed by atoms with Gasteiger partial charge in [0.15, 0.2) is 0 Å². The van der Waals surface area contributed by atoms with Crippen molar-refractivity contribution in [1.29, 1.82) is 0 Å². The average molecular weight is 327 g/mol. The van der Waals surface area contributed by atoms with Gasteiger partial charge in [-0.3, -0.25) is 4.79 Å². The van der Waals surface area contributed by atoms with Crippen molar-refractivity contribution in [1.82, 2.24) is 5.32 Å². The molecule has 1 aromatic carbocycles. The average Bonchev–Trinajstić information content (AvgIpc) is 2.58. The fourth-order valence-corrected chi connectivity index (χ4v) is 5.92. The third-order valence-electron chi connectivity index (χ3n) is 6.45. The zero-order chi connectivity index (χ0) is 16.7. The number of carbonyl (C=O) groups excluding carboxylic acids is 2. The molecule has 4 heteroatoms. The second kappa shape index (κ2) is 5.91. The van der Waals surface area contributed by atoms with Crippen LogP contribution in [0.15, 0.2) is 30.3 Å². The van der Waals surface area contributed by atoms with E-state index >= 15 is 0 Å². The molecule has 0 aromatic heterocycles. The van der Waals surface area contributed by atoms with Gasteiger partial charge in [0.2, 0.25) is 0 Å². The van der Waals surface area contributed by atoms with Gasteiger partial charge in [0.1, 0.15) is 6.04 Å². The smallest absolute Gasteiger partial charge is 0.328 e. The summed E-state index contributed by atoms with van der Waals surface area (Å²) in [6.45, 7) is 0. The van der Waals surface area contributed by atoms with Crippen LogP contribution in [0.3, 0.4) is 0 Å². The van der Waals surface area contributed by atoms with E-state index in [1.54, 1.807) is 12.1 Å². The predicted octanol–water partition coefficient (Wildman–Crippen LogP) is 3.17. The summed E-state index contributed by atoms with van der Waals surface area (Å²) in [5.74, 6) is 1.69. The summed E-state index contributed by atoms with van der Waals surface area (Å²) in [5, 5.41) is 3.03. The van der Waals surface area contributed by atoms with Gasteiger partial charge in [0.25, 0.3) is 5.91 Å². The van der Waals surface area contributed by atoms with E-state index in [1.807, 2.05) is 18.2 Å². The van der Waals surface area contributed by atoms with Crippen LogP contribution in [0.2, 0.25) is 0 Å². The third kappa shape index (κ3) is 2.62. The first-order valence-corrected chi connectivity index (χ1v) is 9.03. The fourth-order valence-electron chi connectivity index (χ4n) is 5.92. The topological polar surface area (TPSA) is 55.4 Å². The van der Waals surface area contributed by atoms with Crippen molar-refractivity contribution in [3.8, 4) is 0 Å². The van der Waals surface area contributed by atoms with Crippen molar-refractivity contribution in [2.24, 2.45) is 23.2 Å². The van der Waals surface area contributed by atoms with Crippen molar-refractivity contribution < 1.29 is 14.3 Å². The Morgan fingerprint density at radius 1 is 1.04 bits per heavy atom. The third-order valence-corrected chi connectivity index (χ3v) is 6.45. The molecule has 1 amide bonds. The van der Waals surface area contributed by atoms with E-state index in [9.17, 15) is 9.59 Å². The van der Waals surface area contributed by atoms with Gasteiger partial charge in [-0.25, -0.2) is 4.79 Å². The first-order valence-electron chi connectivity index (χ1n) is 9.03. The molecule has 0 radical (unpaired) electrons. The Hall–Kier alpha value is -1.84. The molecule has 1 N–H and O–H groups in total. The number of amides is 1. The Morgan fingerprint density at radius 3 is 2.08 bits per heavy atom. The van der Waals surface area contributed by atoms with Crippen molar-refractivity contribution in [2.75, 3.05) is 7.11 Å². The van der Waals surface area contributed by atoms with Gasteiger partial charge in [0.05, 0.1) is 7.11 Å². The first kappa shape index (κ1) is 15.7. The van der Waals surface area contributed by atoms with Crippen molar-refractivity contribution in [3.63, 3.8) is 0 Å². The molecule has 0 heterocycles. The molecule has 4 saturated carbocycles. The number of benzene rings is 1. The van der Waals surface area contributed by atoms with Gasteiger partial charge in [-0.15, -0.1) is 0 Å². The highest BCUT2D eigenvalue weighted by Crippen LogP contribution is 2.61. The maximum absolute atomic E-state index is 12.6. The van der Waals surface area contributed by atoms with Crippen LogP contribution in [0.5, 0.6) is 0 Å². The molecule has 5 rings (SSSR count). The number of hydrogen-bond acceptors (Lipinski definition) is 3. The lowest BCUT2D eigenvalue weighted by molar-refractivity contribution is -0.154. The normalized spacial score (nSPS) is 34.6. The van der Waals surface area contributed by atoms with Crippen LogP contribution in [-0.4, -0.2) is 25.0 Å². The SMILES string of the molecule is COC(=O)[C@@H](NC(=O)c1ccccc1)C12CC3CC(CC(C3)C1)C2. The molecule has 0 spiro atoms. The van der Waals surface area contributed by atoms with E-state index in [2.05, 4.69) is 5.32 Å². The van der Waals surface area contributed by atoms with Crippen molar-refractivity contribution in [2.45, 2.75) is 44.6 Å². The summed E-state index contributed by atoms with van der Waals surface area (Å²) in [7, 11) is 1.42. The highest BCUT2D eigenvalue weighted by Gasteiger charge is 2.56. The molecule has 128 valence electrons. The Bertz CT molecular complexity index is 604. The zero-order valence-electron chi connectivity index (χ0n) is 14.2. The molecule has 1 aromatic rings. The lowest BCUT2D eigenvalue weighted by atomic mass is 9.47. The lowest BCUT2D eigenvalue weighted by Gasteiger charge is -2.58. The molecule has 0 saturated heterocycles. The van der Waals surface area contributed by atoms with E-state index < -0.39 is 6.04 Å². The maximum atomic E-state index is 12.6. The van der Waals surface area contributed by atoms with Gasteiger partial charge in [-0.2, -0.15) is 0 Å². The maximum Gasteiger partial charge on any atom is 0.328 e. The molecule has 4 aliphatic rings. The van der Waals surface area contributed by atoms with Gasteiger partial charge < -0.3 is 10.1 Å². The molecule has 4 fully saturated rings. The number of rotatable bonds is 4. The van der Waals surface area contributed by atoms with Gasteiger partial charge in [-0.05, 0) is 68.4 Å².